The van der Waals surface area contributed by atoms with Gasteiger partial charge in [-0.15, -0.1) is 0 Å². The van der Waals surface area contributed by atoms with Gasteiger partial charge in [-0.3, -0.25) is 4.57 Å². The molecule has 2 aromatic heterocycles. The number of aromatic hydroxyl groups is 1. The van der Waals surface area contributed by atoms with Gasteiger partial charge in [-0.2, -0.15) is 13.2 Å². The fourth-order valence-electron chi connectivity index (χ4n) is 3.04. The predicted octanol–water partition coefficient (Wildman–Crippen LogP) is 5.19. The van der Waals surface area contributed by atoms with Crippen LogP contribution >= 0.6 is 11.8 Å². The SMILES string of the molecule is O=c1n(Cc2ccnc(Oc3ccccc3)c2)cc(O)n1-c1ccc(SC(F)(F)F)cc1. The van der Waals surface area contributed by atoms with Gasteiger partial charge in [0.05, 0.1) is 18.4 Å². The van der Waals surface area contributed by atoms with Crippen LogP contribution in [0.3, 0.4) is 0 Å². The molecule has 0 fully saturated rings. The van der Waals surface area contributed by atoms with Crippen LogP contribution in [0.25, 0.3) is 5.69 Å². The summed E-state index contributed by atoms with van der Waals surface area (Å²) in [4.78, 5) is 17.0. The van der Waals surface area contributed by atoms with Crippen molar-refractivity contribution in [1.29, 1.82) is 0 Å². The summed E-state index contributed by atoms with van der Waals surface area (Å²) in [5.41, 5.74) is -3.99. The molecule has 0 spiro atoms. The van der Waals surface area contributed by atoms with E-state index in [1.54, 1.807) is 30.5 Å². The summed E-state index contributed by atoms with van der Waals surface area (Å²) in [6.45, 7) is 0.134. The van der Waals surface area contributed by atoms with E-state index in [0.29, 0.717) is 17.2 Å². The van der Waals surface area contributed by atoms with E-state index in [-0.39, 0.29) is 34.8 Å². The first kappa shape index (κ1) is 21.6. The first-order valence-corrected chi connectivity index (χ1v) is 10.2. The highest BCUT2D eigenvalue weighted by Crippen LogP contribution is 2.37. The van der Waals surface area contributed by atoms with Crippen molar-refractivity contribution >= 4 is 11.8 Å². The fourth-order valence-corrected chi connectivity index (χ4v) is 3.58. The molecular formula is C22H16F3N3O3S. The van der Waals surface area contributed by atoms with Gasteiger partial charge in [0.25, 0.3) is 0 Å². The minimum Gasteiger partial charge on any atom is -0.493 e. The van der Waals surface area contributed by atoms with Crippen LogP contribution in [0, 0.1) is 0 Å². The van der Waals surface area contributed by atoms with Crippen molar-refractivity contribution in [3.05, 3.63) is 95.2 Å². The number of rotatable bonds is 6. The van der Waals surface area contributed by atoms with Crippen LogP contribution in [0.5, 0.6) is 17.5 Å². The lowest BCUT2D eigenvalue weighted by molar-refractivity contribution is -0.0328. The van der Waals surface area contributed by atoms with Crippen molar-refractivity contribution in [2.24, 2.45) is 0 Å². The second-order valence-corrected chi connectivity index (χ2v) is 7.83. The average molecular weight is 459 g/mol. The molecule has 0 aliphatic rings. The lowest BCUT2D eigenvalue weighted by Crippen LogP contribution is -2.23. The van der Waals surface area contributed by atoms with Crippen molar-refractivity contribution in [3.8, 4) is 23.2 Å². The highest BCUT2D eigenvalue weighted by molar-refractivity contribution is 8.00. The van der Waals surface area contributed by atoms with E-state index in [1.807, 2.05) is 18.2 Å². The third kappa shape index (κ3) is 5.14. The maximum absolute atomic E-state index is 12.8. The Balaban J connectivity index is 1.55. The molecule has 164 valence electrons. The summed E-state index contributed by atoms with van der Waals surface area (Å²) < 4.78 is 45.5. The van der Waals surface area contributed by atoms with Gasteiger partial charge < -0.3 is 9.84 Å². The predicted molar refractivity (Wildman–Crippen MR) is 113 cm³/mol. The van der Waals surface area contributed by atoms with Gasteiger partial charge in [-0.1, -0.05) is 18.2 Å². The maximum Gasteiger partial charge on any atom is 0.446 e. The topological polar surface area (TPSA) is 69.3 Å². The second kappa shape index (κ2) is 8.83. The van der Waals surface area contributed by atoms with E-state index < -0.39 is 11.2 Å². The number of alkyl halides is 3. The number of hydrogen-bond acceptors (Lipinski definition) is 5. The standard InChI is InChI=1S/C22H16F3N3O3S/c23-22(24,25)32-18-8-6-16(7-9-18)28-20(29)14-27(21(28)30)13-15-10-11-26-19(12-15)31-17-4-2-1-3-5-17/h1-12,14,29H,13H2. The number of halogens is 3. The second-order valence-electron chi connectivity index (χ2n) is 6.69. The molecule has 0 saturated carbocycles. The van der Waals surface area contributed by atoms with E-state index in [1.165, 1.54) is 35.0 Å². The molecule has 0 aliphatic heterocycles. The number of para-hydroxylation sites is 1. The number of thioether (sulfide) groups is 1. The van der Waals surface area contributed by atoms with Crippen LogP contribution in [0.4, 0.5) is 13.2 Å². The van der Waals surface area contributed by atoms with Crippen molar-refractivity contribution in [2.45, 2.75) is 16.9 Å². The highest BCUT2D eigenvalue weighted by Gasteiger charge is 2.29. The normalized spacial score (nSPS) is 11.5. The molecule has 32 heavy (non-hydrogen) atoms. The molecule has 0 amide bonds. The highest BCUT2D eigenvalue weighted by atomic mass is 32.2. The maximum atomic E-state index is 12.8. The zero-order chi connectivity index (χ0) is 22.7. The Morgan fingerprint density at radius 2 is 1.75 bits per heavy atom. The van der Waals surface area contributed by atoms with Crippen LogP contribution in [-0.2, 0) is 6.54 Å². The van der Waals surface area contributed by atoms with Gasteiger partial charge in [0, 0.05) is 17.2 Å². The summed E-state index contributed by atoms with van der Waals surface area (Å²) in [6.07, 6.45) is 2.81. The van der Waals surface area contributed by atoms with Gasteiger partial charge in [0.15, 0.2) is 0 Å². The Morgan fingerprint density at radius 3 is 2.44 bits per heavy atom. The van der Waals surface area contributed by atoms with Crippen LogP contribution in [0.2, 0.25) is 0 Å². The molecule has 0 unspecified atom stereocenters. The molecular weight excluding hydrogens is 443 g/mol. The molecule has 0 radical (unpaired) electrons. The number of aromatic nitrogens is 3. The van der Waals surface area contributed by atoms with Crippen molar-refractivity contribution in [3.63, 3.8) is 0 Å². The zero-order valence-electron chi connectivity index (χ0n) is 16.4. The molecule has 10 heteroatoms. The Hall–Kier alpha value is -3.66. The first-order chi connectivity index (χ1) is 15.3. The lowest BCUT2D eigenvalue weighted by Gasteiger charge is -2.08. The third-order valence-electron chi connectivity index (χ3n) is 4.38. The lowest BCUT2D eigenvalue weighted by atomic mass is 10.2. The van der Waals surface area contributed by atoms with Gasteiger partial charge >= 0.3 is 11.2 Å². The number of pyridine rings is 1. The minimum atomic E-state index is -4.41. The van der Waals surface area contributed by atoms with Gasteiger partial charge in [0.1, 0.15) is 5.75 Å². The first-order valence-electron chi connectivity index (χ1n) is 9.34. The van der Waals surface area contributed by atoms with Crippen molar-refractivity contribution in [1.82, 2.24) is 14.1 Å². The van der Waals surface area contributed by atoms with Gasteiger partial charge in [0.2, 0.25) is 11.8 Å². The van der Waals surface area contributed by atoms with E-state index in [0.717, 1.165) is 4.57 Å². The van der Waals surface area contributed by atoms with E-state index in [2.05, 4.69) is 4.98 Å². The average Bonchev–Trinajstić information content (AvgIpc) is 3.01. The Morgan fingerprint density at radius 1 is 1.03 bits per heavy atom. The van der Waals surface area contributed by atoms with E-state index in [4.69, 9.17) is 4.74 Å². The molecule has 1 N–H and O–H groups in total. The van der Waals surface area contributed by atoms with Crippen LogP contribution < -0.4 is 10.4 Å². The van der Waals surface area contributed by atoms with Gasteiger partial charge in [-0.25, -0.2) is 14.3 Å². The summed E-state index contributed by atoms with van der Waals surface area (Å²) in [7, 11) is 0. The quantitative estimate of drug-likeness (QED) is 0.402. The van der Waals surface area contributed by atoms with Gasteiger partial charge in [-0.05, 0) is 59.8 Å². The third-order valence-corrected chi connectivity index (χ3v) is 5.12. The van der Waals surface area contributed by atoms with E-state index in [9.17, 15) is 23.1 Å². The number of imidazole rings is 1. The fraction of sp³-hybridized carbons (Fsp3) is 0.0909. The van der Waals surface area contributed by atoms with Crippen LogP contribution in [0.1, 0.15) is 5.56 Å². The molecule has 4 rings (SSSR count). The molecule has 0 bridgehead atoms. The number of ether oxygens (including phenoxy) is 1. The molecule has 4 aromatic rings. The monoisotopic (exact) mass is 459 g/mol. The molecule has 0 saturated heterocycles. The molecule has 6 nitrogen and oxygen atoms in total. The molecule has 0 atom stereocenters. The Labute approximate surface area is 184 Å². The number of nitrogens with zero attached hydrogens (tertiary/aromatic N) is 3. The summed E-state index contributed by atoms with van der Waals surface area (Å²) in [5, 5.41) is 10.3. The van der Waals surface area contributed by atoms with Crippen LogP contribution in [-0.4, -0.2) is 24.7 Å². The number of hydrogen-bond donors (Lipinski definition) is 1. The van der Waals surface area contributed by atoms with Crippen molar-refractivity contribution < 1.29 is 23.0 Å². The largest absolute Gasteiger partial charge is 0.493 e. The van der Waals surface area contributed by atoms with Crippen molar-refractivity contribution in [2.75, 3.05) is 0 Å². The Kier molecular flexibility index (Phi) is 5.95. The Bertz CT molecular complexity index is 1270. The van der Waals surface area contributed by atoms with E-state index >= 15 is 0 Å². The molecule has 2 heterocycles. The number of benzene rings is 2. The summed E-state index contributed by atoms with van der Waals surface area (Å²) in [6, 6.07) is 17.7. The summed E-state index contributed by atoms with van der Waals surface area (Å²) in [5.74, 6) is 0.634. The smallest absolute Gasteiger partial charge is 0.446 e. The van der Waals surface area contributed by atoms with Crippen LogP contribution in [0.15, 0.2) is 88.8 Å². The molecule has 2 aromatic carbocycles. The molecule has 0 aliphatic carbocycles. The minimum absolute atomic E-state index is 0.0176. The summed E-state index contributed by atoms with van der Waals surface area (Å²) >= 11 is -0.251. The zero-order valence-corrected chi connectivity index (χ0v) is 17.2.